The Labute approximate surface area is 128 Å². The third-order valence-electron chi connectivity index (χ3n) is 3.23. The van der Waals surface area contributed by atoms with Gasteiger partial charge in [-0.2, -0.15) is 0 Å². The van der Waals surface area contributed by atoms with E-state index in [-0.39, 0.29) is 6.61 Å². The molecule has 1 aromatic heterocycles. The van der Waals surface area contributed by atoms with E-state index in [4.69, 9.17) is 5.11 Å². The van der Waals surface area contributed by atoms with E-state index >= 15 is 0 Å². The summed E-state index contributed by atoms with van der Waals surface area (Å²) in [5, 5.41) is 14.1. The van der Waals surface area contributed by atoms with Crippen LogP contribution >= 0.6 is 0 Å². The van der Waals surface area contributed by atoms with Crippen LogP contribution in [-0.4, -0.2) is 33.8 Å². The first-order valence-electron chi connectivity index (χ1n) is 7.00. The zero-order valence-electron chi connectivity index (χ0n) is 12.3. The van der Waals surface area contributed by atoms with Crippen LogP contribution in [0.25, 0.3) is 0 Å². The van der Waals surface area contributed by atoms with Crippen molar-refractivity contribution in [1.29, 1.82) is 0 Å². The first-order chi connectivity index (χ1) is 10.6. The molecule has 0 saturated heterocycles. The summed E-state index contributed by atoms with van der Waals surface area (Å²) in [4.78, 5) is 16.2. The van der Waals surface area contributed by atoms with Crippen molar-refractivity contribution >= 4 is 6.03 Å². The number of hydrogen-bond acceptors (Lipinski definition) is 3. The highest BCUT2D eigenvalue weighted by molar-refractivity contribution is 5.74. The maximum Gasteiger partial charge on any atom is 0.315 e. The summed E-state index contributed by atoms with van der Waals surface area (Å²) in [6.45, 7) is 0.337. The molecule has 0 aliphatic carbocycles. The topological polar surface area (TPSA) is 79.2 Å². The van der Waals surface area contributed by atoms with Gasteiger partial charge in [0, 0.05) is 38.2 Å². The molecular formula is C15H19FN4O2. The van der Waals surface area contributed by atoms with E-state index in [0.717, 1.165) is 0 Å². The number of imidazole rings is 1. The minimum atomic E-state index is -0.699. The van der Waals surface area contributed by atoms with Crippen molar-refractivity contribution in [2.24, 2.45) is 7.05 Å². The highest BCUT2D eigenvalue weighted by atomic mass is 19.1. The second-order valence-electron chi connectivity index (χ2n) is 4.83. The smallest absolute Gasteiger partial charge is 0.315 e. The van der Waals surface area contributed by atoms with Crippen molar-refractivity contribution in [3.63, 3.8) is 0 Å². The summed E-state index contributed by atoms with van der Waals surface area (Å²) in [6.07, 6.45) is 3.78. The van der Waals surface area contributed by atoms with Crippen molar-refractivity contribution < 1.29 is 14.3 Å². The molecule has 0 bridgehead atoms. The number of amides is 2. The molecule has 118 valence electrons. The zero-order chi connectivity index (χ0) is 15.9. The number of hydrogen-bond donors (Lipinski definition) is 3. The van der Waals surface area contributed by atoms with Crippen LogP contribution < -0.4 is 10.6 Å². The predicted molar refractivity (Wildman–Crippen MR) is 79.7 cm³/mol. The van der Waals surface area contributed by atoms with Gasteiger partial charge in [0.15, 0.2) is 0 Å². The average molecular weight is 306 g/mol. The summed E-state index contributed by atoms with van der Waals surface area (Å²) in [7, 11) is 1.78. The molecule has 3 N–H and O–H groups in total. The minimum Gasteiger partial charge on any atom is -0.396 e. The van der Waals surface area contributed by atoms with Crippen LogP contribution in [0.3, 0.4) is 0 Å². The number of benzene rings is 1. The first-order valence-corrected chi connectivity index (χ1v) is 7.00. The lowest BCUT2D eigenvalue weighted by molar-refractivity contribution is 0.235. The van der Waals surface area contributed by atoms with Crippen LogP contribution in [-0.2, 0) is 7.05 Å². The van der Waals surface area contributed by atoms with E-state index in [0.29, 0.717) is 24.4 Å². The Bertz CT molecular complexity index is 630. The molecule has 1 atom stereocenters. The molecule has 0 saturated carbocycles. The van der Waals surface area contributed by atoms with Crippen molar-refractivity contribution in [2.45, 2.75) is 12.5 Å². The van der Waals surface area contributed by atoms with E-state index in [9.17, 15) is 9.18 Å². The molecule has 0 spiro atoms. The highest BCUT2D eigenvalue weighted by Crippen LogP contribution is 2.22. The molecule has 0 radical (unpaired) electrons. The van der Waals surface area contributed by atoms with Gasteiger partial charge in [-0.1, -0.05) is 18.2 Å². The number of carbonyl (C=O) groups excluding carboxylic acids is 1. The number of rotatable bonds is 6. The van der Waals surface area contributed by atoms with Crippen LogP contribution in [0, 0.1) is 5.82 Å². The minimum absolute atomic E-state index is 0.00358. The molecule has 0 fully saturated rings. The van der Waals surface area contributed by atoms with Crippen LogP contribution in [0.4, 0.5) is 9.18 Å². The average Bonchev–Trinajstić information content (AvgIpc) is 2.92. The fraction of sp³-hybridized carbons (Fsp3) is 0.333. The molecule has 2 aromatic rings. The van der Waals surface area contributed by atoms with Crippen molar-refractivity contribution in [3.8, 4) is 0 Å². The van der Waals surface area contributed by atoms with Crippen LogP contribution in [0.1, 0.15) is 23.9 Å². The van der Waals surface area contributed by atoms with Crippen LogP contribution in [0.2, 0.25) is 0 Å². The SMILES string of the molecule is Cn1ccnc1[C@H](NC(=O)NCCCO)c1ccccc1F. The lowest BCUT2D eigenvalue weighted by Gasteiger charge is -2.20. The van der Waals surface area contributed by atoms with Gasteiger partial charge < -0.3 is 20.3 Å². The second-order valence-corrected chi connectivity index (χ2v) is 4.83. The van der Waals surface area contributed by atoms with E-state index < -0.39 is 17.9 Å². The zero-order valence-corrected chi connectivity index (χ0v) is 12.3. The molecule has 1 aromatic carbocycles. The summed E-state index contributed by atoms with van der Waals surface area (Å²) in [5.74, 6) is 0.119. The van der Waals surface area contributed by atoms with E-state index in [1.165, 1.54) is 6.07 Å². The van der Waals surface area contributed by atoms with E-state index in [1.54, 1.807) is 42.2 Å². The number of carbonyl (C=O) groups is 1. The molecule has 1 heterocycles. The fourth-order valence-electron chi connectivity index (χ4n) is 2.11. The maximum atomic E-state index is 14.1. The molecule has 0 unspecified atom stereocenters. The Morgan fingerprint density at radius 2 is 2.23 bits per heavy atom. The molecule has 2 amide bonds. The van der Waals surface area contributed by atoms with Crippen molar-refractivity contribution in [2.75, 3.05) is 13.2 Å². The summed E-state index contributed by atoms with van der Waals surface area (Å²) < 4.78 is 15.8. The number of aryl methyl sites for hydroxylation is 1. The van der Waals surface area contributed by atoms with E-state index in [2.05, 4.69) is 15.6 Å². The van der Waals surface area contributed by atoms with Gasteiger partial charge in [-0.15, -0.1) is 0 Å². The van der Waals surface area contributed by atoms with Gasteiger partial charge in [0.2, 0.25) is 0 Å². The number of nitrogens with zero attached hydrogens (tertiary/aromatic N) is 2. The van der Waals surface area contributed by atoms with Gasteiger partial charge in [0.25, 0.3) is 0 Å². The fourth-order valence-corrected chi connectivity index (χ4v) is 2.11. The van der Waals surface area contributed by atoms with Crippen molar-refractivity contribution in [3.05, 3.63) is 53.9 Å². The van der Waals surface area contributed by atoms with Gasteiger partial charge in [-0.3, -0.25) is 0 Å². The molecule has 6 nitrogen and oxygen atoms in total. The normalized spacial score (nSPS) is 12.0. The monoisotopic (exact) mass is 306 g/mol. The first kappa shape index (κ1) is 16.0. The van der Waals surface area contributed by atoms with Gasteiger partial charge >= 0.3 is 6.03 Å². The van der Waals surface area contributed by atoms with Gasteiger partial charge in [-0.25, -0.2) is 14.2 Å². The third-order valence-corrected chi connectivity index (χ3v) is 3.23. The molecule has 22 heavy (non-hydrogen) atoms. The Balaban J connectivity index is 2.22. The third kappa shape index (κ3) is 3.82. The Morgan fingerprint density at radius 1 is 1.45 bits per heavy atom. The Hall–Kier alpha value is -2.41. The van der Waals surface area contributed by atoms with Crippen molar-refractivity contribution in [1.82, 2.24) is 20.2 Å². The largest absolute Gasteiger partial charge is 0.396 e. The van der Waals surface area contributed by atoms with E-state index in [1.807, 2.05) is 0 Å². The quantitative estimate of drug-likeness (QED) is 0.705. The lowest BCUT2D eigenvalue weighted by Crippen LogP contribution is -2.40. The van der Waals surface area contributed by atoms with Gasteiger partial charge in [0.1, 0.15) is 17.7 Å². The lowest BCUT2D eigenvalue weighted by atomic mass is 10.1. The van der Waals surface area contributed by atoms with Gasteiger partial charge in [-0.05, 0) is 12.5 Å². The summed E-state index contributed by atoms with van der Waals surface area (Å²) in [5.41, 5.74) is 0.342. The number of aromatic nitrogens is 2. The second kappa shape index (κ2) is 7.56. The maximum absolute atomic E-state index is 14.1. The van der Waals surface area contributed by atoms with Gasteiger partial charge in [0.05, 0.1) is 0 Å². The molecule has 2 rings (SSSR count). The number of halogens is 1. The standard InChI is InChI=1S/C15H19FN4O2/c1-20-9-8-17-14(20)13(11-5-2-3-6-12(11)16)19-15(22)18-7-4-10-21/h2-3,5-6,8-9,13,21H,4,7,10H2,1H3,(H2,18,19,22)/t13-/m1/s1. The molecule has 0 aliphatic rings. The Kier molecular flexibility index (Phi) is 5.48. The summed E-state index contributed by atoms with van der Waals surface area (Å²) >= 11 is 0. The van der Waals surface area contributed by atoms with Crippen LogP contribution in [0.15, 0.2) is 36.7 Å². The van der Waals surface area contributed by atoms with Crippen LogP contribution in [0.5, 0.6) is 0 Å². The predicted octanol–water partition coefficient (Wildman–Crippen LogP) is 1.33. The molecule has 0 aliphatic heterocycles. The number of urea groups is 1. The highest BCUT2D eigenvalue weighted by Gasteiger charge is 2.23. The number of aliphatic hydroxyl groups is 1. The molecular weight excluding hydrogens is 287 g/mol. The Morgan fingerprint density at radius 3 is 2.86 bits per heavy atom. The number of nitrogens with one attached hydrogen (secondary N) is 2. The number of aliphatic hydroxyl groups excluding tert-OH is 1. The molecule has 7 heteroatoms. The summed E-state index contributed by atoms with van der Waals surface area (Å²) in [6, 6.07) is 5.12.